The summed E-state index contributed by atoms with van der Waals surface area (Å²) < 4.78 is 5.03. The minimum atomic E-state index is -0.717. The fourth-order valence-corrected chi connectivity index (χ4v) is 1.77. The van der Waals surface area contributed by atoms with Crippen molar-refractivity contribution in [2.45, 2.75) is 19.1 Å². The van der Waals surface area contributed by atoms with Gasteiger partial charge >= 0.3 is 5.97 Å². The van der Waals surface area contributed by atoms with Gasteiger partial charge < -0.3 is 4.74 Å². The van der Waals surface area contributed by atoms with Gasteiger partial charge in [0.15, 0.2) is 6.04 Å². The Bertz CT molecular complexity index is 541. The molecule has 0 spiro atoms. The van der Waals surface area contributed by atoms with Gasteiger partial charge in [-0.3, -0.25) is 19.7 Å². The summed E-state index contributed by atoms with van der Waals surface area (Å²) in [6, 6.07) is 4.96. The van der Waals surface area contributed by atoms with Gasteiger partial charge in [-0.15, -0.1) is 0 Å². The van der Waals surface area contributed by atoms with Crippen molar-refractivity contribution in [3.8, 4) is 0 Å². The second-order valence-electron chi connectivity index (χ2n) is 4.15. The number of carbonyl (C=O) groups is 2. The Labute approximate surface area is 114 Å². The zero-order chi connectivity index (χ0) is 14.7. The van der Waals surface area contributed by atoms with E-state index in [1.807, 2.05) is 0 Å². The Kier molecular flexibility index (Phi) is 3.94. The van der Waals surface area contributed by atoms with Crippen LogP contribution in [0.3, 0.4) is 0 Å². The van der Waals surface area contributed by atoms with Crippen LogP contribution in [0.2, 0.25) is 0 Å². The molecule has 0 aliphatic carbocycles. The number of esters is 1. The number of hydroxylamine groups is 2. The minimum Gasteiger partial charge on any atom is -0.459 e. The standard InChI is InChI=1S/C12H12N2O6/c1-19-13-10(6-11(13)15)12(16)20-7-8-2-4-9(5-3-8)14(17)18/h2-5,10H,6-7H2,1H3. The van der Waals surface area contributed by atoms with Crippen LogP contribution in [0.4, 0.5) is 5.69 Å². The highest BCUT2D eigenvalue weighted by molar-refractivity contribution is 5.94. The van der Waals surface area contributed by atoms with E-state index in [1.165, 1.54) is 31.4 Å². The summed E-state index contributed by atoms with van der Waals surface area (Å²) in [4.78, 5) is 37.5. The Morgan fingerprint density at radius 3 is 2.60 bits per heavy atom. The number of nitro benzene ring substituents is 1. The molecule has 1 aliphatic rings. The molecule has 0 bridgehead atoms. The molecular formula is C12H12N2O6. The molecule has 1 aliphatic heterocycles. The van der Waals surface area contributed by atoms with Crippen LogP contribution in [-0.2, 0) is 25.8 Å². The summed E-state index contributed by atoms with van der Waals surface area (Å²) >= 11 is 0. The zero-order valence-electron chi connectivity index (χ0n) is 10.6. The van der Waals surface area contributed by atoms with E-state index in [0.29, 0.717) is 5.56 Å². The molecule has 1 atom stereocenters. The van der Waals surface area contributed by atoms with Crippen molar-refractivity contribution in [1.29, 1.82) is 0 Å². The number of non-ortho nitro benzene ring substituents is 1. The maximum atomic E-state index is 11.7. The number of ether oxygens (including phenoxy) is 1. The zero-order valence-corrected chi connectivity index (χ0v) is 10.6. The van der Waals surface area contributed by atoms with Gasteiger partial charge in [0.1, 0.15) is 6.61 Å². The summed E-state index contributed by atoms with van der Waals surface area (Å²) in [6.45, 7) is -0.0148. The summed E-state index contributed by atoms with van der Waals surface area (Å²) in [5.74, 6) is -0.838. The monoisotopic (exact) mass is 280 g/mol. The maximum absolute atomic E-state index is 11.7. The highest BCUT2D eigenvalue weighted by Gasteiger charge is 2.43. The molecule has 0 radical (unpaired) electrons. The summed E-state index contributed by atoms with van der Waals surface area (Å²) in [7, 11) is 1.30. The van der Waals surface area contributed by atoms with Gasteiger partial charge in [0.05, 0.1) is 18.5 Å². The molecular weight excluding hydrogens is 268 g/mol. The number of benzene rings is 1. The molecule has 1 unspecified atom stereocenters. The molecule has 1 aromatic carbocycles. The number of nitro groups is 1. The second kappa shape index (κ2) is 5.66. The van der Waals surface area contributed by atoms with Crippen LogP contribution in [0.25, 0.3) is 0 Å². The van der Waals surface area contributed by atoms with Gasteiger partial charge in [-0.05, 0) is 17.7 Å². The molecule has 2 rings (SSSR count). The molecule has 0 N–H and O–H groups in total. The molecule has 8 heteroatoms. The van der Waals surface area contributed by atoms with E-state index in [2.05, 4.69) is 0 Å². The third-order valence-electron chi connectivity index (χ3n) is 2.89. The first-order valence-corrected chi connectivity index (χ1v) is 5.79. The molecule has 0 aromatic heterocycles. The van der Waals surface area contributed by atoms with Crippen molar-refractivity contribution < 1.29 is 24.1 Å². The first-order valence-electron chi connectivity index (χ1n) is 5.79. The molecule has 20 heavy (non-hydrogen) atoms. The Morgan fingerprint density at radius 1 is 1.45 bits per heavy atom. The van der Waals surface area contributed by atoms with Crippen molar-refractivity contribution in [1.82, 2.24) is 5.06 Å². The van der Waals surface area contributed by atoms with Crippen LogP contribution in [0.5, 0.6) is 0 Å². The first-order chi connectivity index (χ1) is 9.52. The van der Waals surface area contributed by atoms with Crippen LogP contribution < -0.4 is 0 Å². The minimum absolute atomic E-state index is 0.0148. The number of nitrogens with zero attached hydrogens (tertiary/aromatic N) is 2. The van der Waals surface area contributed by atoms with Crippen molar-refractivity contribution in [3.05, 3.63) is 39.9 Å². The highest BCUT2D eigenvalue weighted by atomic mass is 16.7. The largest absolute Gasteiger partial charge is 0.459 e. The predicted molar refractivity (Wildman–Crippen MR) is 65.2 cm³/mol. The van der Waals surface area contributed by atoms with Crippen LogP contribution in [-0.4, -0.2) is 35.0 Å². The van der Waals surface area contributed by atoms with E-state index >= 15 is 0 Å². The van der Waals surface area contributed by atoms with Crippen LogP contribution in [0, 0.1) is 10.1 Å². The van der Waals surface area contributed by atoms with Crippen molar-refractivity contribution >= 4 is 17.6 Å². The van der Waals surface area contributed by atoms with Crippen LogP contribution in [0.1, 0.15) is 12.0 Å². The molecule has 1 fully saturated rings. The van der Waals surface area contributed by atoms with Crippen LogP contribution >= 0.6 is 0 Å². The summed E-state index contributed by atoms with van der Waals surface area (Å²) in [5, 5.41) is 11.4. The second-order valence-corrected chi connectivity index (χ2v) is 4.15. The Hall–Kier alpha value is -2.48. The number of β-lactam (4-membered cyclic amide) rings is 1. The topological polar surface area (TPSA) is 99.0 Å². The molecule has 1 amide bonds. The van der Waals surface area contributed by atoms with E-state index in [9.17, 15) is 19.7 Å². The fraction of sp³-hybridized carbons (Fsp3) is 0.333. The molecule has 8 nitrogen and oxygen atoms in total. The Morgan fingerprint density at radius 2 is 2.10 bits per heavy atom. The fourth-order valence-electron chi connectivity index (χ4n) is 1.77. The number of carbonyl (C=O) groups excluding carboxylic acids is 2. The van der Waals surface area contributed by atoms with Gasteiger partial charge in [-0.1, -0.05) is 0 Å². The summed E-state index contributed by atoms with van der Waals surface area (Å²) in [5.41, 5.74) is 0.591. The molecule has 1 saturated heterocycles. The van der Waals surface area contributed by atoms with Crippen molar-refractivity contribution in [2.75, 3.05) is 7.11 Å². The van der Waals surface area contributed by atoms with Gasteiger partial charge in [0.2, 0.25) is 5.91 Å². The highest BCUT2D eigenvalue weighted by Crippen LogP contribution is 2.21. The smallest absolute Gasteiger partial charge is 0.332 e. The number of rotatable bonds is 5. The van der Waals surface area contributed by atoms with Gasteiger partial charge in [0.25, 0.3) is 5.69 Å². The number of hydrogen-bond donors (Lipinski definition) is 0. The number of amides is 1. The van der Waals surface area contributed by atoms with Gasteiger partial charge in [0, 0.05) is 12.1 Å². The van der Waals surface area contributed by atoms with E-state index in [0.717, 1.165) is 5.06 Å². The third kappa shape index (κ3) is 2.75. The van der Waals surface area contributed by atoms with E-state index in [1.54, 1.807) is 0 Å². The normalized spacial score (nSPS) is 17.6. The van der Waals surface area contributed by atoms with E-state index < -0.39 is 16.9 Å². The van der Waals surface area contributed by atoms with Crippen LogP contribution in [0.15, 0.2) is 24.3 Å². The van der Waals surface area contributed by atoms with Crippen molar-refractivity contribution in [2.24, 2.45) is 0 Å². The summed E-state index contributed by atoms with van der Waals surface area (Å²) in [6.07, 6.45) is 0.0624. The lowest BCUT2D eigenvalue weighted by molar-refractivity contribution is -0.384. The maximum Gasteiger partial charge on any atom is 0.332 e. The average molecular weight is 280 g/mol. The molecule has 0 saturated carbocycles. The van der Waals surface area contributed by atoms with Gasteiger partial charge in [-0.25, -0.2) is 9.86 Å². The number of hydrogen-bond acceptors (Lipinski definition) is 6. The third-order valence-corrected chi connectivity index (χ3v) is 2.89. The quantitative estimate of drug-likeness (QED) is 0.342. The lowest BCUT2D eigenvalue weighted by Crippen LogP contribution is -2.56. The van der Waals surface area contributed by atoms with Crippen molar-refractivity contribution in [3.63, 3.8) is 0 Å². The van der Waals surface area contributed by atoms with E-state index in [4.69, 9.17) is 9.57 Å². The molecule has 1 aromatic rings. The first kappa shape index (κ1) is 13.9. The molecule has 1 heterocycles. The lowest BCUT2D eigenvalue weighted by Gasteiger charge is -2.35. The SMILES string of the molecule is CON1C(=O)CC1C(=O)OCc1ccc([N+](=O)[O-])cc1. The van der Waals surface area contributed by atoms with Gasteiger partial charge in [-0.2, -0.15) is 0 Å². The lowest BCUT2D eigenvalue weighted by atomic mass is 10.1. The molecule has 106 valence electrons. The Balaban J connectivity index is 1.87. The predicted octanol–water partition coefficient (Wildman–Crippen LogP) is 0.800. The average Bonchev–Trinajstić information content (AvgIpc) is 2.43. The van der Waals surface area contributed by atoms with E-state index in [-0.39, 0.29) is 24.6 Å².